The molecule has 1 aromatic rings. The maximum absolute atomic E-state index is 12.9. The summed E-state index contributed by atoms with van der Waals surface area (Å²) in [5.74, 6) is -0.175. The number of benzene rings is 1. The third kappa shape index (κ3) is 5.29. The molecule has 0 saturated carbocycles. The molecule has 1 N–H and O–H groups in total. The molecular formula is C18H26FNO3. The Morgan fingerprint density at radius 2 is 2.00 bits per heavy atom. The molecular weight excluding hydrogens is 297 g/mol. The Bertz CT molecular complexity index is 484. The van der Waals surface area contributed by atoms with Crippen molar-refractivity contribution in [2.75, 3.05) is 26.3 Å². The number of aliphatic hydroxyl groups is 1. The van der Waals surface area contributed by atoms with Crippen LogP contribution in [0, 0.1) is 11.7 Å². The third-order valence-corrected chi connectivity index (χ3v) is 4.42. The molecule has 5 heteroatoms. The average molecular weight is 323 g/mol. The van der Waals surface area contributed by atoms with Gasteiger partial charge in [0.15, 0.2) is 0 Å². The van der Waals surface area contributed by atoms with Crippen LogP contribution < -0.4 is 0 Å². The van der Waals surface area contributed by atoms with Gasteiger partial charge < -0.3 is 14.7 Å². The zero-order valence-corrected chi connectivity index (χ0v) is 13.7. The second-order valence-corrected chi connectivity index (χ2v) is 6.12. The monoisotopic (exact) mass is 323 g/mol. The molecule has 1 amide bonds. The largest absolute Gasteiger partial charge is 0.388 e. The number of ether oxygens (including phenoxy) is 1. The Hall–Kier alpha value is -1.46. The molecule has 4 nitrogen and oxygen atoms in total. The first-order chi connectivity index (χ1) is 11.1. The number of unbranched alkanes of at least 4 members (excludes halogenated alkanes) is 1. The van der Waals surface area contributed by atoms with Crippen molar-refractivity contribution < 1.29 is 19.0 Å². The summed E-state index contributed by atoms with van der Waals surface area (Å²) in [4.78, 5) is 13.8. The fourth-order valence-corrected chi connectivity index (χ4v) is 2.89. The number of aliphatic hydroxyl groups excluding tert-OH is 1. The first-order valence-electron chi connectivity index (χ1n) is 8.41. The van der Waals surface area contributed by atoms with Crippen molar-refractivity contribution in [2.24, 2.45) is 5.92 Å². The molecule has 128 valence electrons. The number of piperidine rings is 1. The molecule has 23 heavy (non-hydrogen) atoms. The van der Waals surface area contributed by atoms with E-state index in [0.29, 0.717) is 19.7 Å². The smallest absolute Gasteiger partial charge is 0.248 e. The van der Waals surface area contributed by atoms with E-state index in [2.05, 4.69) is 6.92 Å². The molecule has 0 aliphatic carbocycles. The number of carbonyl (C=O) groups excluding carboxylic acids is 1. The summed E-state index contributed by atoms with van der Waals surface area (Å²) >= 11 is 0. The summed E-state index contributed by atoms with van der Waals surface area (Å²) < 4.78 is 18.3. The van der Waals surface area contributed by atoms with Gasteiger partial charge in [0.1, 0.15) is 12.4 Å². The lowest BCUT2D eigenvalue weighted by molar-refractivity contribution is -0.138. The van der Waals surface area contributed by atoms with Crippen LogP contribution in [0.5, 0.6) is 0 Å². The SMILES string of the molecule is CCCCOCC(=O)N1CCC(C(O)c2ccc(F)cc2)CC1. The minimum absolute atomic E-state index is 0.0239. The van der Waals surface area contributed by atoms with Crippen LogP contribution in [0.1, 0.15) is 44.3 Å². The van der Waals surface area contributed by atoms with Gasteiger partial charge in [0.05, 0.1) is 6.10 Å². The number of likely N-dealkylation sites (tertiary alicyclic amines) is 1. The molecule has 1 aromatic carbocycles. The van der Waals surface area contributed by atoms with Crippen LogP contribution in [0.15, 0.2) is 24.3 Å². The zero-order chi connectivity index (χ0) is 16.7. The zero-order valence-electron chi connectivity index (χ0n) is 13.7. The maximum Gasteiger partial charge on any atom is 0.248 e. The van der Waals surface area contributed by atoms with Crippen molar-refractivity contribution in [1.29, 1.82) is 0 Å². The van der Waals surface area contributed by atoms with Crippen LogP contribution in [0.25, 0.3) is 0 Å². The highest BCUT2D eigenvalue weighted by Crippen LogP contribution is 2.30. The molecule has 0 spiro atoms. The van der Waals surface area contributed by atoms with Crippen LogP contribution in [-0.4, -0.2) is 42.2 Å². The molecule has 1 aliphatic rings. The number of amides is 1. The van der Waals surface area contributed by atoms with E-state index in [9.17, 15) is 14.3 Å². The highest BCUT2D eigenvalue weighted by Gasteiger charge is 2.28. The predicted molar refractivity (Wildman–Crippen MR) is 86.4 cm³/mol. The Kier molecular flexibility index (Phi) is 6.99. The second kappa shape index (κ2) is 8.99. The topological polar surface area (TPSA) is 49.8 Å². The number of hydrogen-bond acceptors (Lipinski definition) is 3. The minimum atomic E-state index is -0.603. The van der Waals surface area contributed by atoms with E-state index in [1.165, 1.54) is 12.1 Å². The molecule has 1 heterocycles. The van der Waals surface area contributed by atoms with E-state index in [4.69, 9.17) is 4.74 Å². The van der Waals surface area contributed by atoms with Crippen LogP contribution in [0.2, 0.25) is 0 Å². The summed E-state index contributed by atoms with van der Waals surface area (Å²) in [6.45, 7) is 4.13. The van der Waals surface area contributed by atoms with Crippen molar-refractivity contribution in [2.45, 2.75) is 38.7 Å². The van der Waals surface area contributed by atoms with Crippen LogP contribution >= 0.6 is 0 Å². The normalized spacial score (nSPS) is 17.3. The molecule has 0 radical (unpaired) electrons. The summed E-state index contributed by atoms with van der Waals surface area (Å²) in [7, 11) is 0. The molecule has 1 unspecified atom stereocenters. The number of carbonyl (C=O) groups is 1. The summed E-state index contributed by atoms with van der Waals surface area (Å²) in [6, 6.07) is 5.98. The molecule has 2 rings (SSSR count). The second-order valence-electron chi connectivity index (χ2n) is 6.12. The summed E-state index contributed by atoms with van der Waals surface area (Å²) in [6.07, 6.45) is 2.92. The van der Waals surface area contributed by atoms with Gasteiger partial charge in [-0.25, -0.2) is 4.39 Å². The first-order valence-corrected chi connectivity index (χ1v) is 8.41. The Labute approximate surface area is 137 Å². The van der Waals surface area contributed by atoms with Gasteiger partial charge in [0.2, 0.25) is 5.91 Å². The highest BCUT2D eigenvalue weighted by molar-refractivity contribution is 5.77. The van der Waals surface area contributed by atoms with Crippen LogP contribution in [-0.2, 0) is 9.53 Å². The number of hydrogen-bond donors (Lipinski definition) is 1. The van der Waals surface area contributed by atoms with E-state index in [1.54, 1.807) is 17.0 Å². The molecule has 0 bridgehead atoms. The van der Waals surface area contributed by atoms with Gasteiger partial charge in [-0.1, -0.05) is 25.5 Å². The third-order valence-electron chi connectivity index (χ3n) is 4.42. The number of halogens is 1. The van der Waals surface area contributed by atoms with Gasteiger partial charge in [-0.05, 0) is 42.9 Å². The lowest BCUT2D eigenvalue weighted by atomic mass is 9.87. The Morgan fingerprint density at radius 3 is 2.61 bits per heavy atom. The highest BCUT2D eigenvalue weighted by atomic mass is 19.1. The number of rotatable bonds is 7. The van der Waals surface area contributed by atoms with Crippen molar-refractivity contribution in [3.8, 4) is 0 Å². The first kappa shape index (κ1) is 17.9. The molecule has 1 aliphatic heterocycles. The molecule has 1 atom stereocenters. The van der Waals surface area contributed by atoms with Gasteiger partial charge >= 0.3 is 0 Å². The van der Waals surface area contributed by atoms with Crippen molar-refractivity contribution in [3.63, 3.8) is 0 Å². The van der Waals surface area contributed by atoms with E-state index >= 15 is 0 Å². The minimum Gasteiger partial charge on any atom is -0.388 e. The van der Waals surface area contributed by atoms with E-state index in [1.807, 2.05) is 0 Å². The quantitative estimate of drug-likeness (QED) is 0.785. The lowest BCUT2D eigenvalue weighted by Gasteiger charge is -2.34. The van der Waals surface area contributed by atoms with Gasteiger partial charge in [0.25, 0.3) is 0 Å². The van der Waals surface area contributed by atoms with Crippen LogP contribution in [0.4, 0.5) is 4.39 Å². The summed E-state index contributed by atoms with van der Waals surface area (Å²) in [5.41, 5.74) is 0.735. The van der Waals surface area contributed by atoms with Gasteiger partial charge in [-0.15, -0.1) is 0 Å². The van der Waals surface area contributed by atoms with E-state index in [0.717, 1.165) is 31.2 Å². The molecule has 1 fully saturated rings. The van der Waals surface area contributed by atoms with E-state index < -0.39 is 6.10 Å². The lowest BCUT2D eigenvalue weighted by Crippen LogP contribution is -2.41. The Balaban J connectivity index is 1.76. The predicted octanol–water partition coefficient (Wildman–Crippen LogP) is 2.91. The van der Waals surface area contributed by atoms with Crippen molar-refractivity contribution >= 4 is 5.91 Å². The van der Waals surface area contributed by atoms with Gasteiger partial charge in [-0.3, -0.25) is 4.79 Å². The molecule has 0 aromatic heterocycles. The standard InChI is InChI=1S/C18H26FNO3/c1-2-3-12-23-13-17(21)20-10-8-15(9-11-20)18(22)14-4-6-16(19)7-5-14/h4-7,15,18,22H,2-3,8-13H2,1H3. The maximum atomic E-state index is 12.9. The van der Waals surface area contributed by atoms with Crippen LogP contribution in [0.3, 0.4) is 0 Å². The van der Waals surface area contributed by atoms with E-state index in [-0.39, 0.29) is 24.2 Å². The number of nitrogens with zero attached hydrogens (tertiary/aromatic N) is 1. The fraction of sp³-hybridized carbons (Fsp3) is 0.611. The fourth-order valence-electron chi connectivity index (χ4n) is 2.89. The van der Waals surface area contributed by atoms with Gasteiger partial charge in [0, 0.05) is 19.7 Å². The van der Waals surface area contributed by atoms with Crippen molar-refractivity contribution in [1.82, 2.24) is 4.90 Å². The average Bonchev–Trinajstić information content (AvgIpc) is 2.59. The van der Waals surface area contributed by atoms with Crippen molar-refractivity contribution in [3.05, 3.63) is 35.6 Å². The molecule has 1 saturated heterocycles. The van der Waals surface area contributed by atoms with Gasteiger partial charge in [-0.2, -0.15) is 0 Å². The summed E-state index contributed by atoms with van der Waals surface area (Å²) in [5, 5.41) is 10.4. The Morgan fingerprint density at radius 1 is 1.35 bits per heavy atom.